The Morgan fingerprint density at radius 2 is 0.891 bits per heavy atom. The summed E-state index contributed by atoms with van der Waals surface area (Å²) in [6, 6.07) is 8.88. The van der Waals surface area contributed by atoms with Crippen LogP contribution in [0.3, 0.4) is 0 Å². The van der Waals surface area contributed by atoms with E-state index in [1.807, 2.05) is 0 Å². The summed E-state index contributed by atoms with van der Waals surface area (Å²) in [7, 11) is -5.80. The number of hydrogen-bond acceptors (Lipinski definition) is 12. The van der Waals surface area contributed by atoms with E-state index in [1.165, 1.54) is 24.3 Å². The van der Waals surface area contributed by atoms with Crippen molar-refractivity contribution in [3.05, 3.63) is 59.7 Å². The smallest absolute Gasteiger partial charge is 0.508 e. The summed E-state index contributed by atoms with van der Waals surface area (Å²) < 4.78 is 84.4. The first-order valence-corrected chi connectivity index (χ1v) is 18.4. The molecule has 0 fully saturated rings. The Labute approximate surface area is 320 Å². The zero-order chi connectivity index (χ0) is 42.8. The van der Waals surface area contributed by atoms with Crippen LogP contribution in [0.2, 0.25) is 0 Å². The van der Waals surface area contributed by atoms with Crippen molar-refractivity contribution in [2.45, 2.75) is 136 Å². The fourth-order valence-corrected chi connectivity index (χ4v) is 4.45. The lowest BCUT2D eigenvalue weighted by Crippen LogP contribution is -2.47. The van der Waals surface area contributed by atoms with Crippen molar-refractivity contribution in [3.63, 3.8) is 0 Å². The van der Waals surface area contributed by atoms with E-state index in [9.17, 15) is 45.9 Å². The molecule has 0 saturated heterocycles. The van der Waals surface area contributed by atoms with Gasteiger partial charge in [0.2, 0.25) is 0 Å². The first-order valence-electron chi connectivity index (χ1n) is 17.0. The van der Waals surface area contributed by atoms with Crippen molar-refractivity contribution < 1.29 is 69.0 Å². The second kappa shape index (κ2) is 18.7. The summed E-state index contributed by atoms with van der Waals surface area (Å²) in [6.45, 7) is 20.4. The Kier molecular flexibility index (Phi) is 16.4. The van der Waals surface area contributed by atoms with Crippen LogP contribution in [-0.4, -0.2) is 77.6 Å². The second-order valence-electron chi connectivity index (χ2n) is 16.2. The number of hydrogen-bond donors (Lipinski definition) is 3. The van der Waals surface area contributed by atoms with Gasteiger partial charge in [0.05, 0.1) is 0 Å². The molecule has 14 nitrogen and oxygen atoms in total. The van der Waals surface area contributed by atoms with Crippen molar-refractivity contribution in [1.82, 2.24) is 10.6 Å². The van der Waals surface area contributed by atoms with Crippen LogP contribution in [0, 0.1) is 0 Å². The average Bonchev–Trinajstić information content (AvgIpc) is 2.94. The number of alkyl halides is 3. The molecule has 2 amide bonds. The predicted molar refractivity (Wildman–Crippen MR) is 196 cm³/mol. The van der Waals surface area contributed by atoms with Gasteiger partial charge in [-0.15, -0.1) is 0 Å². The van der Waals surface area contributed by atoms with Gasteiger partial charge in [0.1, 0.15) is 46.0 Å². The van der Waals surface area contributed by atoms with Crippen molar-refractivity contribution in [3.8, 4) is 11.5 Å². The zero-order valence-corrected chi connectivity index (χ0v) is 34.0. The molecule has 0 aliphatic rings. The highest BCUT2D eigenvalue weighted by Crippen LogP contribution is 2.27. The Hall–Kier alpha value is -4.74. The molecule has 2 aromatic carbocycles. The van der Waals surface area contributed by atoms with Gasteiger partial charge in [-0.05, 0) is 118 Å². The van der Waals surface area contributed by atoms with Crippen LogP contribution in [0.1, 0.15) is 94.2 Å². The van der Waals surface area contributed by atoms with Crippen molar-refractivity contribution in [1.29, 1.82) is 0 Å². The maximum Gasteiger partial charge on any atom is 0.534 e. The van der Waals surface area contributed by atoms with Gasteiger partial charge in [-0.25, -0.2) is 19.2 Å². The topological polar surface area (TPSA) is 193 Å². The lowest BCUT2D eigenvalue weighted by atomic mass is 10.1. The molecular formula is C37H53F3N2O12S. The summed E-state index contributed by atoms with van der Waals surface area (Å²) in [5, 5.41) is 14.3. The van der Waals surface area contributed by atoms with Crippen molar-refractivity contribution >= 4 is 34.2 Å². The Bertz CT molecular complexity index is 1700. The molecule has 55 heavy (non-hydrogen) atoms. The quantitative estimate of drug-likeness (QED) is 0.0979. The number of aromatic hydroxyl groups is 1. The largest absolute Gasteiger partial charge is 0.534 e. The van der Waals surface area contributed by atoms with Crippen LogP contribution in [0.15, 0.2) is 48.5 Å². The highest BCUT2D eigenvalue weighted by atomic mass is 32.2. The van der Waals surface area contributed by atoms with Crippen molar-refractivity contribution in [2.24, 2.45) is 0 Å². The van der Waals surface area contributed by atoms with E-state index in [0.717, 1.165) is 17.7 Å². The molecule has 0 radical (unpaired) electrons. The number of carbonyl (C=O) groups excluding carboxylic acids is 4. The number of rotatable bonds is 10. The molecule has 0 saturated carbocycles. The number of ether oxygens (including phenoxy) is 4. The molecular weight excluding hydrogens is 753 g/mol. The third-order valence-electron chi connectivity index (χ3n) is 5.99. The standard InChI is InChI=1S/C19H26F3NO7S.C18H27NO5/c1-17(2,3)28-15(24)14(23-16(25)29-18(4,5)6)11-12-7-9-13(10-8-12)30-31(26,27)19(20,21)22;1-17(2,3)23-15(21)14(19-16(22)24-18(4,5)6)11-12-7-9-13(20)10-8-12/h7-10,14H,11H2,1-6H3,(H,23,25);7-10,14,20H,11H2,1-6H3,(H,19,22)/t2*14-/m00/s1. The van der Waals surface area contributed by atoms with Gasteiger partial charge in [-0.3, -0.25) is 0 Å². The number of carbonyl (C=O) groups is 4. The average molecular weight is 807 g/mol. The SMILES string of the molecule is CC(C)(C)OC(=O)N[C@@H](Cc1ccc(O)cc1)C(=O)OC(C)(C)C.CC(C)(C)OC(=O)N[C@@H](Cc1ccc(OS(=O)(=O)C(F)(F)F)cc1)C(=O)OC(C)(C)C. The maximum atomic E-state index is 12.5. The van der Waals surface area contributed by atoms with Gasteiger partial charge in [-0.1, -0.05) is 24.3 Å². The van der Waals surface area contributed by atoms with E-state index in [1.54, 1.807) is 95.2 Å². The highest BCUT2D eigenvalue weighted by Gasteiger charge is 2.48. The molecule has 0 bridgehead atoms. The van der Waals surface area contributed by atoms with Crippen molar-refractivity contribution in [2.75, 3.05) is 0 Å². The fraction of sp³-hybridized carbons (Fsp3) is 0.568. The summed E-state index contributed by atoms with van der Waals surface area (Å²) in [5.41, 5.74) is -7.38. The predicted octanol–water partition coefficient (Wildman–Crippen LogP) is 6.86. The molecule has 0 aromatic heterocycles. The third-order valence-corrected chi connectivity index (χ3v) is 6.97. The molecule has 0 aliphatic carbocycles. The Morgan fingerprint density at radius 3 is 1.18 bits per heavy atom. The number of halogens is 3. The molecule has 310 valence electrons. The first-order chi connectivity index (χ1) is 24.6. The number of alkyl carbamates (subject to hydrolysis) is 2. The Morgan fingerprint density at radius 1 is 0.582 bits per heavy atom. The molecule has 18 heteroatoms. The van der Waals surface area contributed by atoms with E-state index < -0.39 is 80.0 Å². The van der Waals surface area contributed by atoms with Crippen LogP contribution < -0.4 is 14.8 Å². The van der Waals surface area contributed by atoms with E-state index in [-0.39, 0.29) is 18.6 Å². The van der Waals surface area contributed by atoms with Gasteiger partial charge in [0, 0.05) is 12.8 Å². The summed E-state index contributed by atoms with van der Waals surface area (Å²) in [5.74, 6) is -1.72. The number of amides is 2. The minimum absolute atomic E-state index is 0.0968. The van der Waals surface area contributed by atoms with E-state index >= 15 is 0 Å². The lowest BCUT2D eigenvalue weighted by molar-refractivity contribution is -0.158. The summed E-state index contributed by atoms with van der Waals surface area (Å²) in [6.07, 6.45) is -1.41. The number of benzene rings is 2. The van der Waals surface area contributed by atoms with Crippen LogP contribution in [0.25, 0.3) is 0 Å². The molecule has 0 aliphatic heterocycles. The van der Waals surface area contributed by atoms with Crippen LogP contribution >= 0.6 is 0 Å². The molecule has 2 atom stereocenters. The molecule has 0 unspecified atom stereocenters. The van der Waals surface area contributed by atoms with Crippen LogP contribution in [-0.2, 0) is 51.5 Å². The highest BCUT2D eigenvalue weighted by molar-refractivity contribution is 7.88. The third kappa shape index (κ3) is 20.5. The monoisotopic (exact) mass is 806 g/mol. The van der Waals surface area contributed by atoms with Gasteiger partial charge < -0.3 is 38.9 Å². The minimum atomic E-state index is -5.80. The molecule has 2 aromatic rings. The fourth-order valence-electron chi connectivity index (χ4n) is 3.99. The molecule has 3 N–H and O–H groups in total. The van der Waals surface area contributed by atoms with E-state index in [0.29, 0.717) is 5.56 Å². The first kappa shape index (κ1) is 48.3. The van der Waals surface area contributed by atoms with Crippen LogP contribution in [0.4, 0.5) is 22.8 Å². The van der Waals surface area contributed by atoms with E-state index in [2.05, 4.69) is 14.8 Å². The summed E-state index contributed by atoms with van der Waals surface area (Å²) >= 11 is 0. The summed E-state index contributed by atoms with van der Waals surface area (Å²) in [4.78, 5) is 49.0. The normalized spacial score (nSPS) is 13.5. The number of phenols is 1. The van der Waals surface area contributed by atoms with Crippen LogP contribution in [0.5, 0.6) is 11.5 Å². The van der Waals surface area contributed by atoms with Gasteiger partial charge in [0.25, 0.3) is 0 Å². The maximum absolute atomic E-state index is 12.5. The number of phenolic OH excluding ortho intramolecular Hbond substituents is 1. The molecule has 0 heterocycles. The second-order valence-corrected chi connectivity index (χ2v) is 17.7. The number of esters is 2. The Balaban J connectivity index is 0.000000568. The van der Waals surface area contributed by atoms with Gasteiger partial charge in [0.15, 0.2) is 0 Å². The molecule has 2 rings (SSSR count). The van der Waals surface area contributed by atoms with Gasteiger partial charge in [-0.2, -0.15) is 21.6 Å². The van der Waals surface area contributed by atoms with Gasteiger partial charge >= 0.3 is 39.8 Å². The zero-order valence-electron chi connectivity index (χ0n) is 33.2. The minimum Gasteiger partial charge on any atom is -0.508 e. The molecule has 0 spiro atoms. The number of nitrogens with one attached hydrogen (secondary N) is 2. The lowest BCUT2D eigenvalue weighted by Gasteiger charge is -2.26. The van der Waals surface area contributed by atoms with E-state index in [4.69, 9.17) is 18.9 Å².